The van der Waals surface area contributed by atoms with Gasteiger partial charge in [0.2, 0.25) is 0 Å². The van der Waals surface area contributed by atoms with Crippen LogP contribution in [0.3, 0.4) is 0 Å². The second-order valence-electron chi connectivity index (χ2n) is 6.69. The van der Waals surface area contributed by atoms with Crippen LogP contribution in [0.2, 0.25) is 0 Å². The number of halogens is 1. The highest BCUT2D eigenvalue weighted by atomic mass is 19.1. The molecule has 1 saturated heterocycles. The number of likely N-dealkylation sites (N-methyl/N-ethyl adjacent to an activating group) is 1. The van der Waals surface area contributed by atoms with E-state index >= 15 is 0 Å². The van der Waals surface area contributed by atoms with Crippen LogP contribution in [0.4, 0.5) is 20.6 Å². The molecule has 144 valence electrons. The summed E-state index contributed by atoms with van der Waals surface area (Å²) in [4.78, 5) is 20.9. The maximum atomic E-state index is 13.9. The molecule has 0 spiro atoms. The first kappa shape index (κ1) is 19.1. The summed E-state index contributed by atoms with van der Waals surface area (Å²) in [5, 5.41) is 5.63. The Bertz CT molecular complexity index is 762. The lowest BCUT2D eigenvalue weighted by atomic mass is 10.0. The Morgan fingerprint density at radius 3 is 2.70 bits per heavy atom. The summed E-state index contributed by atoms with van der Waals surface area (Å²) in [6.07, 6.45) is 3.22. The number of carbonyl (C=O) groups is 1. The van der Waals surface area contributed by atoms with Crippen molar-refractivity contribution in [1.29, 1.82) is 0 Å². The molecule has 2 N–H and O–H groups in total. The molecule has 1 atom stereocenters. The number of amides is 2. The van der Waals surface area contributed by atoms with Crippen LogP contribution >= 0.6 is 0 Å². The van der Waals surface area contributed by atoms with Crippen molar-refractivity contribution in [2.75, 3.05) is 42.9 Å². The van der Waals surface area contributed by atoms with E-state index in [0.717, 1.165) is 44.0 Å². The van der Waals surface area contributed by atoms with Crippen molar-refractivity contribution in [3.05, 3.63) is 54.1 Å². The fourth-order valence-corrected chi connectivity index (χ4v) is 3.34. The molecule has 7 heteroatoms. The highest BCUT2D eigenvalue weighted by Crippen LogP contribution is 2.28. The van der Waals surface area contributed by atoms with Crippen LogP contribution in [0.25, 0.3) is 0 Å². The second kappa shape index (κ2) is 8.81. The fraction of sp³-hybridized carbons (Fsp3) is 0.400. The van der Waals surface area contributed by atoms with Gasteiger partial charge >= 0.3 is 6.03 Å². The van der Waals surface area contributed by atoms with E-state index in [-0.39, 0.29) is 17.9 Å². The molecule has 0 unspecified atom stereocenters. The molecular weight excluding hydrogens is 345 g/mol. The van der Waals surface area contributed by atoms with Gasteiger partial charge in [-0.1, -0.05) is 6.92 Å². The molecule has 6 nitrogen and oxygen atoms in total. The predicted octanol–water partition coefficient (Wildman–Crippen LogP) is 3.25. The molecule has 27 heavy (non-hydrogen) atoms. The van der Waals surface area contributed by atoms with Crippen LogP contribution in [0.15, 0.2) is 42.7 Å². The highest BCUT2D eigenvalue weighted by molar-refractivity contribution is 5.89. The summed E-state index contributed by atoms with van der Waals surface area (Å²) in [7, 11) is 0. The van der Waals surface area contributed by atoms with Gasteiger partial charge in [-0.15, -0.1) is 0 Å². The first-order valence-corrected chi connectivity index (χ1v) is 9.31. The average molecular weight is 371 g/mol. The minimum atomic E-state index is -0.346. The number of nitrogens with zero attached hydrogens (tertiary/aromatic N) is 3. The topological polar surface area (TPSA) is 60.5 Å². The molecule has 2 amide bonds. The molecule has 0 radical (unpaired) electrons. The number of carbonyl (C=O) groups excluding carboxylic acids is 1. The van der Waals surface area contributed by atoms with Crippen molar-refractivity contribution >= 4 is 17.4 Å². The lowest BCUT2D eigenvalue weighted by Crippen LogP contribution is -2.46. The van der Waals surface area contributed by atoms with E-state index in [1.54, 1.807) is 24.5 Å². The third-order valence-corrected chi connectivity index (χ3v) is 4.88. The van der Waals surface area contributed by atoms with Gasteiger partial charge in [0.05, 0.1) is 17.9 Å². The Balaban J connectivity index is 1.71. The van der Waals surface area contributed by atoms with Crippen molar-refractivity contribution in [3.8, 4) is 0 Å². The zero-order valence-corrected chi connectivity index (χ0v) is 15.8. The monoisotopic (exact) mass is 371 g/mol. The van der Waals surface area contributed by atoms with E-state index in [2.05, 4.69) is 32.3 Å². The molecule has 1 aromatic heterocycles. The van der Waals surface area contributed by atoms with Gasteiger partial charge in [0.1, 0.15) is 5.82 Å². The summed E-state index contributed by atoms with van der Waals surface area (Å²) in [6.45, 7) is 8.81. The maximum absolute atomic E-state index is 13.9. The van der Waals surface area contributed by atoms with Gasteiger partial charge in [0.15, 0.2) is 0 Å². The Hall–Kier alpha value is -2.67. The normalized spacial score (nSPS) is 16.0. The zero-order valence-electron chi connectivity index (χ0n) is 15.8. The molecule has 0 saturated carbocycles. The average Bonchev–Trinajstić information content (AvgIpc) is 2.68. The van der Waals surface area contributed by atoms with Crippen molar-refractivity contribution < 1.29 is 9.18 Å². The lowest BCUT2D eigenvalue weighted by Gasteiger charge is -2.37. The van der Waals surface area contributed by atoms with Crippen LogP contribution in [-0.2, 0) is 0 Å². The number of benzene rings is 1. The summed E-state index contributed by atoms with van der Waals surface area (Å²) >= 11 is 0. The molecular formula is C20H26FN5O. The molecule has 2 heterocycles. The Morgan fingerprint density at radius 1 is 1.26 bits per heavy atom. The van der Waals surface area contributed by atoms with E-state index in [1.807, 2.05) is 13.0 Å². The van der Waals surface area contributed by atoms with E-state index in [9.17, 15) is 9.18 Å². The van der Waals surface area contributed by atoms with Gasteiger partial charge in [-0.25, -0.2) is 9.18 Å². The highest BCUT2D eigenvalue weighted by Gasteiger charge is 2.21. The third kappa shape index (κ3) is 4.95. The zero-order chi connectivity index (χ0) is 19.2. The minimum absolute atomic E-state index is 0.303. The molecule has 1 aliphatic rings. The largest absolute Gasteiger partial charge is 0.369 e. The summed E-state index contributed by atoms with van der Waals surface area (Å²) in [6, 6.07) is 7.63. The predicted molar refractivity (Wildman–Crippen MR) is 106 cm³/mol. The van der Waals surface area contributed by atoms with Gasteiger partial charge in [-0.05, 0) is 43.8 Å². The number of piperazine rings is 1. The van der Waals surface area contributed by atoms with Crippen molar-refractivity contribution in [1.82, 2.24) is 15.2 Å². The first-order chi connectivity index (χ1) is 13.1. The van der Waals surface area contributed by atoms with Crippen LogP contribution in [0.1, 0.15) is 25.5 Å². The number of aromatic nitrogens is 1. The first-order valence-electron chi connectivity index (χ1n) is 9.31. The molecule has 0 aliphatic carbocycles. The van der Waals surface area contributed by atoms with E-state index in [0.29, 0.717) is 5.69 Å². The molecule has 0 bridgehead atoms. The van der Waals surface area contributed by atoms with Gasteiger partial charge in [-0.3, -0.25) is 4.98 Å². The number of anilines is 2. The fourth-order valence-electron chi connectivity index (χ4n) is 3.34. The summed E-state index contributed by atoms with van der Waals surface area (Å²) in [5.74, 6) is -0.303. The number of urea groups is 1. The van der Waals surface area contributed by atoms with Gasteiger partial charge < -0.3 is 20.4 Å². The number of hydrogen-bond acceptors (Lipinski definition) is 4. The quantitative estimate of drug-likeness (QED) is 0.847. The van der Waals surface area contributed by atoms with Crippen LogP contribution in [-0.4, -0.2) is 48.6 Å². The summed E-state index contributed by atoms with van der Waals surface area (Å²) < 4.78 is 13.9. The van der Waals surface area contributed by atoms with Crippen molar-refractivity contribution in [2.45, 2.75) is 19.9 Å². The smallest absolute Gasteiger partial charge is 0.319 e. The van der Waals surface area contributed by atoms with Crippen molar-refractivity contribution in [2.24, 2.45) is 0 Å². The van der Waals surface area contributed by atoms with Crippen LogP contribution in [0.5, 0.6) is 0 Å². The molecule has 1 aromatic carbocycles. The molecule has 2 aromatic rings. The van der Waals surface area contributed by atoms with Gasteiger partial charge in [-0.2, -0.15) is 0 Å². The van der Waals surface area contributed by atoms with Gasteiger partial charge in [0, 0.05) is 43.6 Å². The summed E-state index contributed by atoms with van der Waals surface area (Å²) in [5.41, 5.74) is 2.36. The molecule has 1 aliphatic heterocycles. The number of pyridine rings is 1. The number of nitrogens with one attached hydrogen (secondary N) is 2. The lowest BCUT2D eigenvalue weighted by molar-refractivity contribution is 0.249. The Labute approximate surface area is 159 Å². The van der Waals surface area contributed by atoms with E-state index in [1.165, 1.54) is 12.1 Å². The van der Waals surface area contributed by atoms with Gasteiger partial charge in [0.25, 0.3) is 0 Å². The molecule has 3 rings (SSSR count). The Kier molecular flexibility index (Phi) is 6.24. The van der Waals surface area contributed by atoms with Crippen LogP contribution < -0.4 is 15.5 Å². The number of hydrogen-bond donors (Lipinski definition) is 2. The van der Waals surface area contributed by atoms with Crippen LogP contribution in [0, 0.1) is 5.82 Å². The Morgan fingerprint density at radius 2 is 2.04 bits per heavy atom. The van der Waals surface area contributed by atoms with Crippen molar-refractivity contribution in [3.63, 3.8) is 0 Å². The number of rotatable bonds is 5. The minimum Gasteiger partial charge on any atom is -0.369 e. The van der Waals surface area contributed by atoms with E-state index in [4.69, 9.17) is 0 Å². The molecule has 1 fully saturated rings. The standard InChI is InChI=1S/C20H26FN5O/c1-3-25-9-11-26(12-10-25)19-7-6-16(21)13-18(19)15(2)23-20(27)24-17-5-4-8-22-14-17/h4-8,13-15H,3,9-12H2,1-2H3,(H2,23,24,27)/t15-/m1/s1. The maximum Gasteiger partial charge on any atom is 0.319 e. The SMILES string of the molecule is CCN1CCN(c2ccc(F)cc2[C@@H](C)NC(=O)Nc2cccnc2)CC1. The van der Waals surface area contributed by atoms with E-state index < -0.39 is 0 Å². The second-order valence-corrected chi connectivity index (χ2v) is 6.69. The third-order valence-electron chi connectivity index (χ3n) is 4.88.